The van der Waals surface area contributed by atoms with E-state index in [9.17, 15) is 9.59 Å². The van der Waals surface area contributed by atoms with Crippen LogP contribution in [0.1, 0.15) is 39.5 Å². The second-order valence-electron chi connectivity index (χ2n) is 5.63. The largest absolute Gasteiger partial charge is 0.481 e. The monoisotopic (exact) mass is 256 g/mol. The van der Waals surface area contributed by atoms with Gasteiger partial charge in [-0.15, -0.1) is 0 Å². The molecule has 0 aromatic heterocycles. The van der Waals surface area contributed by atoms with Gasteiger partial charge in [-0.05, 0) is 38.6 Å². The predicted molar refractivity (Wildman–Crippen MR) is 69.0 cm³/mol. The van der Waals surface area contributed by atoms with Gasteiger partial charge in [-0.1, -0.05) is 6.92 Å². The number of carbonyl (C=O) groups excluding carboxylic acids is 1. The molecule has 1 saturated heterocycles. The molecule has 1 rings (SSSR count). The van der Waals surface area contributed by atoms with Gasteiger partial charge in [0, 0.05) is 19.5 Å². The number of nitrogens with zero attached hydrogens (tertiary/aromatic N) is 1. The highest BCUT2D eigenvalue weighted by molar-refractivity contribution is 5.78. The molecular formula is C13H24N2O3. The van der Waals surface area contributed by atoms with E-state index < -0.39 is 11.4 Å². The average molecular weight is 256 g/mol. The Balaban J connectivity index is 2.38. The van der Waals surface area contributed by atoms with E-state index in [1.54, 1.807) is 11.8 Å². The summed E-state index contributed by atoms with van der Waals surface area (Å²) < 4.78 is 0. The Morgan fingerprint density at radius 3 is 2.39 bits per heavy atom. The zero-order valence-corrected chi connectivity index (χ0v) is 11.3. The SMILES string of the molecule is CC(CN)CCC(=O)N1CCC(C)(C(=O)O)CC1. The van der Waals surface area contributed by atoms with Crippen molar-refractivity contribution in [2.45, 2.75) is 39.5 Å². The lowest BCUT2D eigenvalue weighted by molar-refractivity contribution is -0.153. The number of nitrogens with two attached hydrogens (primary N) is 1. The molecule has 0 bridgehead atoms. The van der Waals surface area contributed by atoms with Crippen LogP contribution in [0.25, 0.3) is 0 Å². The molecular weight excluding hydrogens is 232 g/mol. The smallest absolute Gasteiger partial charge is 0.309 e. The molecule has 0 spiro atoms. The van der Waals surface area contributed by atoms with Crippen LogP contribution < -0.4 is 5.73 Å². The van der Waals surface area contributed by atoms with E-state index in [4.69, 9.17) is 10.8 Å². The van der Waals surface area contributed by atoms with E-state index in [0.29, 0.717) is 44.8 Å². The Labute approximate surface area is 108 Å². The quantitative estimate of drug-likeness (QED) is 0.771. The van der Waals surface area contributed by atoms with Crippen molar-refractivity contribution in [2.75, 3.05) is 19.6 Å². The first kappa shape index (κ1) is 15.0. The molecule has 18 heavy (non-hydrogen) atoms. The minimum absolute atomic E-state index is 0.128. The summed E-state index contributed by atoms with van der Waals surface area (Å²) in [6, 6.07) is 0. The normalized spacial score (nSPS) is 20.5. The number of carboxylic acid groups (broad SMARTS) is 1. The van der Waals surface area contributed by atoms with Gasteiger partial charge in [-0.2, -0.15) is 0 Å². The molecule has 3 N–H and O–H groups in total. The van der Waals surface area contributed by atoms with Crippen molar-refractivity contribution in [3.63, 3.8) is 0 Å². The molecule has 1 heterocycles. The molecule has 0 aromatic carbocycles. The molecule has 1 amide bonds. The maximum Gasteiger partial charge on any atom is 0.309 e. The van der Waals surface area contributed by atoms with Crippen LogP contribution in [0.5, 0.6) is 0 Å². The first-order valence-electron chi connectivity index (χ1n) is 6.60. The minimum Gasteiger partial charge on any atom is -0.481 e. The van der Waals surface area contributed by atoms with Crippen molar-refractivity contribution in [3.8, 4) is 0 Å². The van der Waals surface area contributed by atoms with Gasteiger partial charge in [-0.3, -0.25) is 9.59 Å². The summed E-state index contributed by atoms with van der Waals surface area (Å²) in [4.78, 5) is 24.8. The van der Waals surface area contributed by atoms with Gasteiger partial charge in [-0.25, -0.2) is 0 Å². The highest BCUT2D eigenvalue weighted by Gasteiger charge is 2.37. The summed E-state index contributed by atoms with van der Waals surface area (Å²) in [5, 5.41) is 9.11. The van der Waals surface area contributed by atoms with Gasteiger partial charge in [0.1, 0.15) is 0 Å². The Bertz CT molecular complexity index is 309. The summed E-state index contributed by atoms with van der Waals surface area (Å²) >= 11 is 0. The summed E-state index contributed by atoms with van der Waals surface area (Å²) in [6.07, 6.45) is 2.41. The van der Waals surface area contributed by atoms with Gasteiger partial charge in [0.2, 0.25) is 5.91 Å². The molecule has 5 heteroatoms. The molecule has 1 atom stereocenters. The number of carbonyl (C=O) groups is 2. The molecule has 5 nitrogen and oxygen atoms in total. The van der Waals surface area contributed by atoms with Crippen LogP contribution in [0, 0.1) is 11.3 Å². The number of hydrogen-bond acceptors (Lipinski definition) is 3. The highest BCUT2D eigenvalue weighted by atomic mass is 16.4. The van der Waals surface area contributed by atoms with Crippen LogP contribution >= 0.6 is 0 Å². The van der Waals surface area contributed by atoms with Crippen molar-refractivity contribution >= 4 is 11.9 Å². The Kier molecular flexibility index (Phi) is 5.14. The van der Waals surface area contributed by atoms with Gasteiger partial charge < -0.3 is 15.7 Å². The second-order valence-corrected chi connectivity index (χ2v) is 5.63. The van der Waals surface area contributed by atoms with Crippen LogP contribution in [0.2, 0.25) is 0 Å². The minimum atomic E-state index is -0.758. The third-order valence-electron chi connectivity index (χ3n) is 3.99. The number of hydrogen-bond donors (Lipinski definition) is 2. The zero-order valence-electron chi connectivity index (χ0n) is 11.3. The molecule has 0 saturated carbocycles. The number of piperidine rings is 1. The van der Waals surface area contributed by atoms with Crippen LogP contribution in [0.3, 0.4) is 0 Å². The summed E-state index contributed by atoms with van der Waals surface area (Å²) in [6.45, 7) is 5.50. The number of aliphatic carboxylic acids is 1. The van der Waals surface area contributed by atoms with Crippen molar-refractivity contribution in [1.82, 2.24) is 4.90 Å². The van der Waals surface area contributed by atoms with Crippen molar-refractivity contribution in [2.24, 2.45) is 17.1 Å². The Morgan fingerprint density at radius 1 is 1.39 bits per heavy atom. The predicted octanol–water partition coefficient (Wildman–Crippen LogP) is 1.07. The number of likely N-dealkylation sites (tertiary alicyclic amines) is 1. The molecule has 1 unspecified atom stereocenters. The molecule has 0 aliphatic carbocycles. The maximum absolute atomic E-state index is 11.9. The van der Waals surface area contributed by atoms with Crippen molar-refractivity contribution in [3.05, 3.63) is 0 Å². The molecule has 1 aliphatic rings. The maximum atomic E-state index is 11.9. The summed E-state index contributed by atoms with van der Waals surface area (Å²) in [7, 11) is 0. The average Bonchev–Trinajstić information content (AvgIpc) is 2.36. The van der Waals surface area contributed by atoms with E-state index in [1.165, 1.54) is 0 Å². The fourth-order valence-corrected chi connectivity index (χ4v) is 2.11. The number of rotatable bonds is 5. The topological polar surface area (TPSA) is 83.6 Å². The zero-order chi connectivity index (χ0) is 13.8. The number of amides is 1. The Morgan fingerprint density at radius 2 is 1.94 bits per heavy atom. The third-order valence-corrected chi connectivity index (χ3v) is 3.99. The van der Waals surface area contributed by atoms with Crippen molar-refractivity contribution < 1.29 is 14.7 Å². The fourth-order valence-electron chi connectivity index (χ4n) is 2.11. The van der Waals surface area contributed by atoms with E-state index in [2.05, 4.69) is 0 Å². The standard InChI is InChI=1S/C13H24N2O3/c1-10(9-14)3-4-11(16)15-7-5-13(2,6-8-15)12(17)18/h10H,3-9,14H2,1-2H3,(H,17,18). The van der Waals surface area contributed by atoms with Gasteiger partial charge in [0.15, 0.2) is 0 Å². The first-order chi connectivity index (χ1) is 8.39. The van der Waals surface area contributed by atoms with Crippen LogP contribution in [-0.2, 0) is 9.59 Å². The summed E-state index contributed by atoms with van der Waals surface area (Å²) in [5.74, 6) is -0.267. The van der Waals surface area contributed by atoms with Gasteiger partial charge >= 0.3 is 5.97 Å². The first-order valence-corrected chi connectivity index (χ1v) is 6.60. The Hall–Kier alpha value is -1.10. The lowest BCUT2D eigenvalue weighted by Gasteiger charge is -2.36. The van der Waals surface area contributed by atoms with Gasteiger partial charge in [0.05, 0.1) is 5.41 Å². The van der Waals surface area contributed by atoms with Crippen molar-refractivity contribution in [1.29, 1.82) is 0 Å². The molecule has 0 aromatic rings. The second kappa shape index (κ2) is 6.18. The lowest BCUT2D eigenvalue weighted by Crippen LogP contribution is -2.45. The van der Waals surface area contributed by atoms with Gasteiger partial charge in [0.25, 0.3) is 0 Å². The molecule has 1 fully saturated rings. The lowest BCUT2D eigenvalue weighted by atomic mass is 9.80. The third kappa shape index (κ3) is 3.70. The fraction of sp³-hybridized carbons (Fsp3) is 0.846. The van der Waals surface area contributed by atoms with E-state index in [-0.39, 0.29) is 5.91 Å². The summed E-state index contributed by atoms with van der Waals surface area (Å²) in [5.41, 5.74) is 4.85. The molecule has 104 valence electrons. The molecule has 1 aliphatic heterocycles. The highest BCUT2D eigenvalue weighted by Crippen LogP contribution is 2.31. The van der Waals surface area contributed by atoms with E-state index in [1.807, 2.05) is 6.92 Å². The van der Waals surface area contributed by atoms with Crippen LogP contribution in [0.15, 0.2) is 0 Å². The van der Waals surface area contributed by atoms with Crippen LogP contribution in [-0.4, -0.2) is 41.5 Å². The van der Waals surface area contributed by atoms with Crippen LogP contribution in [0.4, 0.5) is 0 Å². The van der Waals surface area contributed by atoms with E-state index in [0.717, 1.165) is 6.42 Å². The number of carboxylic acids is 1. The van der Waals surface area contributed by atoms with E-state index >= 15 is 0 Å². The molecule has 0 radical (unpaired) electrons.